The number of pyridine rings is 1. The second-order valence-electron chi connectivity index (χ2n) is 7.23. The summed E-state index contributed by atoms with van der Waals surface area (Å²) in [6.07, 6.45) is 2.47. The van der Waals surface area contributed by atoms with Crippen molar-refractivity contribution in [2.24, 2.45) is 5.92 Å². The molecular weight excluding hydrogens is 370 g/mol. The molecule has 0 bridgehead atoms. The number of aromatic nitrogens is 1. The van der Waals surface area contributed by atoms with E-state index in [1.165, 1.54) is 0 Å². The van der Waals surface area contributed by atoms with Crippen LogP contribution in [0.25, 0.3) is 0 Å². The van der Waals surface area contributed by atoms with Gasteiger partial charge in [0.2, 0.25) is 5.91 Å². The summed E-state index contributed by atoms with van der Waals surface area (Å²) in [6.45, 7) is 3.14. The van der Waals surface area contributed by atoms with E-state index in [9.17, 15) is 9.59 Å². The van der Waals surface area contributed by atoms with Crippen LogP contribution in [0.1, 0.15) is 25.3 Å². The number of anilines is 3. The van der Waals surface area contributed by atoms with Crippen molar-refractivity contribution >= 4 is 29.0 Å². The minimum atomic E-state index is -0.529. The number of ether oxygens (including phenoxy) is 1. The fourth-order valence-electron chi connectivity index (χ4n) is 3.54. The van der Waals surface area contributed by atoms with Gasteiger partial charge in [-0.15, -0.1) is 0 Å². The molecule has 1 aromatic heterocycles. The van der Waals surface area contributed by atoms with Gasteiger partial charge in [-0.3, -0.25) is 9.59 Å². The van der Waals surface area contributed by atoms with Crippen molar-refractivity contribution in [2.45, 2.75) is 25.9 Å². The van der Waals surface area contributed by atoms with Crippen LogP contribution < -0.4 is 20.3 Å². The van der Waals surface area contributed by atoms with Crippen LogP contribution in [0.5, 0.6) is 5.75 Å². The van der Waals surface area contributed by atoms with E-state index in [4.69, 9.17) is 10.00 Å². The lowest BCUT2D eigenvalue weighted by molar-refractivity contribution is -0.122. The monoisotopic (exact) mass is 391 g/mol. The largest absolute Gasteiger partial charge is 0.479 e. The van der Waals surface area contributed by atoms with E-state index in [1.807, 2.05) is 6.07 Å². The fraction of sp³-hybridized carbons (Fsp3) is 0.333. The van der Waals surface area contributed by atoms with E-state index in [0.29, 0.717) is 22.7 Å². The van der Waals surface area contributed by atoms with Crippen molar-refractivity contribution in [1.29, 1.82) is 5.26 Å². The zero-order valence-corrected chi connectivity index (χ0v) is 16.0. The van der Waals surface area contributed by atoms with E-state index in [0.717, 1.165) is 31.7 Å². The number of fused-ring (bicyclic) bond motifs is 1. The van der Waals surface area contributed by atoms with Crippen LogP contribution in [0.4, 0.5) is 17.2 Å². The Kier molecular flexibility index (Phi) is 5.04. The summed E-state index contributed by atoms with van der Waals surface area (Å²) in [6, 6.07) is 10.9. The Hall–Kier alpha value is -3.60. The molecule has 2 N–H and O–H groups in total. The van der Waals surface area contributed by atoms with Gasteiger partial charge in [0.15, 0.2) is 6.10 Å². The molecule has 8 heteroatoms. The molecule has 0 radical (unpaired) electrons. The quantitative estimate of drug-likeness (QED) is 0.833. The first kappa shape index (κ1) is 18.7. The van der Waals surface area contributed by atoms with Gasteiger partial charge in [0.05, 0.1) is 11.3 Å². The van der Waals surface area contributed by atoms with Crippen LogP contribution in [-0.4, -0.2) is 36.0 Å². The number of amides is 2. The molecule has 3 heterocycles. The van der Waals surface area contributed by atoms with Gasteiger partial charge in [-0.25, -0.2) is 4.98 Å². The Bertz CT molecular complexity index is 975. The molecule has 29 heavy (non-hydrogen) atoms. The van der Waals surface area contributed by atoms with Crippen LogP contribution in [0.3, 0.4) is 0 Å². The van der Waals surface area contributed by atoms with Crippen molar-refractivity contribution in [1.82, 2.24) is 4.98 Å². The first-order valence-corrected chi connectivity index (χ1v) is 9.57. The van der Waals surface area contributed by atoms with E-state index >= 15 is 0 Å². The van der Waals surface area contributed by atoms with Gasteiger partial charge in [-0.1, -0.05) is 0 Å². The maximum Gasteiger partial charge on any atom is 0.265 e. The highest BCUT2D eigenvalue weighted by Crippen LogP contribution is 2.32. The molecule has 2 aliphatic rings. The lowest BCUT2D eigenvalue weighted by atomic mass is 9.95. The molecule has 1 fully saturated rings. The van der Waals surface area contributed by atoms with Gasteiger partial charge in [-0.2, -0.15) is 5.26 Å². The molecule has 1 unspecified atom stereocenters. The average molecular weight is 391 g/mol. The molecule has 0 saturated carbocycles. The zero-order chi connectivity index (χ0) is 20.4. The van der Waals surface area contributed by atoms with Crippen molar-refractivity contribution < 1.29 is 14.3 Å². The average Bonchev–Trinajstić information content (AvgIpc) is 2.75. The molecule has 8 nitrogen and oxygen atoms in total. The van der Waals surface area contributed by atoms with Crippen molar-refractivity contribution in [3.63, 3.8) is 0 Å². The van der Waals surface area contributed by atoms with Crippen LogP contribution in [0.2, 0.25) is 0 Å². The number of carbonyl (C=O) groups excluding carboxylic acids is 2. The molecule has 2 amide bonds. The highest BCUT2D eigenvalue weighted by molar-refractivity contribution is 5.99. The Morgan fingerprint density at radius 3 is 2.79 bits per heavy atom. The molecule has 1 aromatic carbocycles. The fourth-order valence-corrected chi connectivity index (χ4v) is 3.54. The maximum atomic E-state index is 12.7. The van der Waals surface area contributed by atoms with E-state index in [2.05, 4.69) is 26.6 Å². The summed E-state index contributed by atoms with van der Waals surface area (Å²) in [5.41, 5.74) is 1.72. The third kappa shape index (κ3) is 3.99. The van der Waals surface area contributed by atoms with E-state index in [1.54, 1.807) is 37.4 Å². The first-order chi connectivity index (χ1) is 14.0. The number of benzene rings is 1. The Labute approximate surface area is 168 Å². The summed E-state index contributed by atoms with van der Waals surface area (Å²) < 4.78 is 5.53. The number of hydrogen-bond donors (Lipinski definition) is 2. The van der Waals surface area contributed by atoms with Crippen molar-refractivity contribution in [3.8, 4) is 11.8 Å². The molecule has 1 saturated heterocycles. The predicted molar refractivity (Wildman–Crippen MR) is 108 cm³/mol. The van der Waals surface area contributed by atoms with Gasteiger partial charge in [0, 0.05) is 30.9 Å². The highest BCUT2D eigenvalue weighted by atomic mass is 16.5. The molecular formula is C21H21N5O3. The second-order valence-corrected chi connectivity index (χ2v) is 7.23. The molecule has 148 valence electrons. The first-order valence-electron chi connectivity index (χ1n) is 9.57. The lowest BCUT2D eigenvalue weighted by Gasteiger charge is -2.32. The summed E-state index contributed by atoms with van der Waals surface area (Å²) in [5.74, 6) is 1.09. The number of nitrogens with one attached hydrogen (secondary N) is 2. The summed E-state index contributed by atoms with van der Waals surface area (Å²) in [4.78, 5) is 30.9. The summed E-state index contributed by atoms with van der Waals surface area (Å²) in [5, 5.41) is 14.6. The number of nitriles is 1. The molecule has 1 atom stereocenters. The van der Waals surface area contributed by atoms with Gasteiger partial charge < -0.3 is 20.3 Å². The number of piperidine rings is 1. The summed E-state index contributed by atoms with van der Waals surface area (Å²) in [7, 11) is 0. The van der Waals surface area contributed by atoms with E-state index < -0.39 is 6.10 Å². The highest BCUT2D eigenvalue weighted by Gasteiger charge is 2.27. The van der Waals surface area contributed by atoms with Crippen molar-refractivity contribution in [3.05, 3.63) is 42.1 Å². The molecule has 4 rings (SSSR count). The third-order valence-corrected chi connectivity index (χ3v) is 5.24. The Morgan fingerprint density at radius 2 is 2.10 bits per heavy atom. The standard InChI is InChI=1S/C21H21N5O3/c1-13-20(27)25-17-10-16(3-4-18(17)29-13)24-21(28)15-6-8-26(9-7-15)19-5-2-14(11-22)12-23-19/h2-5,10,12-13,15H,6-9H2,1H3,(H,24,28)(H,25,27). The molecule has 0 spiro atoms. The van der Waals surface area contributed by atoms with Gasteiger partial charge in [-0.05, 0) is 50.1 Å². The second kappa shape index (κ2) is 7.80. The van der Waals surface area contributed by atoms with Crippen molar-refractivity contribution in [2.75, 3.05) is 28.6 Å². The third-order valence-electron chi connectivity index (χ3n) is 5.24. The number of nitrogens with zero attached hydrogens (tertiary/aromatic N) is 3. The topological polar surface area (TPSA) is 107 Å². The molecule has 0 aliphatic carbocycles. The number of rotatable bonds is 3. The number of hydrogen-bond acceptors (Lipinski definition) is 6. The van der Waals surface area contributed by atoms with Gasteiger partial charge in [0.1, 0.15) is 17.6 Å². The van der Waals surface area contributed by atoms with Gasteiger partial charge in [0.25, 0.3) is 5.91 Å². The Balaban J connectivity index is 1.35. The van der Waals surface area contributed by atoms with Crippen LogP contribution in [0, 0.1) is 17.2 Å². The predicted octanol–water partition coefficient (Wildman–Crippen LogP) is 2.53. The number of carbonyl (C=O) groups is 2. The normalized spacial score (nSPS) is 18.8. The zero-order valence-electron chi connectivity index (χ0n) is 16.0. The lowest BCUT2D eigenvalue weighted by Crippen LogP contribution is -2.38. The SMILES string of the molecule is CC1Oc2ccc(NC(=O)C3CCN(c4ccc(C#N)cn4)CC3)cc2NC1=O. The summed E-state index contributed by atoms with van der Waals surface area (Å²) >= 11 is 0. The molecule has 2 aromatic rings. The van der Waals surface area contributed by atoms with E-state index in [-0.39, 0.29) is 17.7 Å². The van der Waals surface area contributed by atoms with Crippen LogP contribution >= 0.6 is 0 Å². The van der Waals surface area contributed by atoms with Gasteiger partial charge >= 0.3 is 0 Å². The minimum absolute atomic E-state index is 0.0335. The Morgan fingerprint density at radius 1 is 1.31 bits per heavy atom. The smallest absolute Gasteiger partial charge is 0.265 e. The minimum Gasteiger partial charge on any atom is -0.479 e. The maximum absolute atomic E-state index is 12.7. The molecule has 2 aliphatic heterocycles. The van der Waals surface area contributed by atoms with Crippen LogP contribution in [-0.2, 0) is 9.59 Å². The van der Waals surface area contributed by atoms with Crippen LogP contribution in [0.15, 0.2) is 36.5 Å².